The molecule has 0 bridgehead atoms. The van der Waals surface area contributed by atoms with Gasteiger partial charge in [-0.2, -0.15) is 5.10 Å². The van der Waals surface area contributed by atoms with E-state index in [1.165, 1.54) is 0 Å². The fourth-order valence-electron chi connectivity index (χ4n) is 1.64. The molecule has 0 atom stereocenters. The van der Waals surface area contributed by atoms with Gasteiger partial charge >= 0.3 is 0 Å². The largest absolute Gasteiger partial charge is 0.370 e. The molecule has 0 aliphatic rings. The highest BCUT2D eigenvalue weighted by molar-refractivity contribution is 5.86. The van der Waals surface area contributed by atoms with Crippen molar-refractivity contribution in [1.29, 1.82) is 0 Å². The molecule has 86 valence electrons. The Morgan fingerprint density at radius 3 is 2.69 bits per heavy atom. The van der Waals surface area contributed by atoms with Crippen molar-refractivity contribution in [2.24, 2.45) is 0 Å². The molecule has 0 aromatic carbocycles. The molecule has 0 aliphatic heterocycles. The van der Waals surface area contributed by atoms with Crippen LogP contribution in [0.4, 0.5) is 5.82 Å². The maximum Gasteiger partial charge on any atom is 0.163 e. The Morgan fingerprint density at radius 1 is 1.31 bits per heavy atom. The van der Waals surface area contributed by atoms with Gasteiger partial charge in [0.25, 0.3) is 0 Å². The number of rotatable bonds is 2. The van der Waals surface area contributed by atoms with Crippen LogP contribution in [0.2, 0.25) is 0 Å². The third kappa shape index (κ3) is 1.73. The zero-order chi connectivity index (χ0) is 11.8. The Bertz CT molecular complexity index is 495. The molecule has 0 aliphatic carbocycles. The number of hydrogen-bond donors (Lipinski definition) is 1. The molecule has 2 rings (SSSR count). The summed E-state index contributed by atoms with van der Waals surface area (Å²) in [6.45, 7) is 9.20. The van der Waals surface area contributed by atoms with Crippen molar-refractivity contribution < 1.29 is 0 Å². The van der Waals surface area contributed by atoms with Crippen LogP contribution < -0.4 is 5.32 Å². The summed E-state index contributed by atoms with van der Waals surface area (Å²) in [5.74, 6) is 0.850. The van der Waals surface area contributed by atoms with Crippen molar-refractivity contribution in [3.05, 3.63) is 12.5 Å². The Kier molecular flexibility index (Phi) is 2.53. The highest BCUT2D eigenvalue weighted by Crippen LogP contribution is 2.23. The van der Waals surface area contributed by atoms with Crippen molar-refractivity contribution in [3.63, 3.8) is 0 Å². The molecule has 0 spiro atoms. The molecule has 0 saturated heterocycles. The number of anilines is 1. The number of fused-ring (bicyclic) bond motifs is 1. The van der Waals surface area contributed by atoms with Gasteiger partial charge in [0.2, 0.25) is 0 Å². The number of hydrogen-bond acceptors (Lipinski definition) is 4. The van der Waals surface area contributed by atoms with Crippen LogP contribution in [-0.2, 0) is 5.54 Å². The Hall–Kier alpha value is -1.65. The van der Waals surface area contributed by atoms with E-state index in [1.54, 1.807) is 6.33 Å². The molecular weight excluding hydrogens is 202 g/mol. The van der Waals surface area contributed by atoms with Crippen molar-refractivity contribution >= 4 is 16.9 Å². The first-order valence-electron chi connectivity index (χ1n) is 5.47. The highest BCUT2D eigenvalue weighted by atomic mass is 15.3. The molecule has 0 fully saturated rings. The molecule has 0 amide bonds. The molecule has 2 heterocycles. The molecule has 0 radical (unpaired) electrons. The zero-order valence-electron chi connectivity index (χ0n) is 10.2. The average Bonchev–Trinajstić information content (AvgIpc) is 2.62. The van der Waals surface area contributed by atoms with Crippen LogP contribution in [0.15, 0.2) is 12.5 Å². The van der Waals surface area contributed by atoms with Gasteiger partial charge in [-0.05, 0) is 27.7 Å². The Labute approximate surface area is 94.9 Å². The first kappa shape index (κ1) is 10.9. The summed E-state index contributed by atoms with van der Waals surface area (Å²) in [6, 6.07) is 0. The minimum atomic E-state index is -0.0699. The fourth-order valence-corrected chi connectivity index (χ4v) is 1.64. The predicted molar refractivity (Wildman–Crippen MR) is 64.5 cm³/mol. The quantitative estimate of drug-likeness (QED) is 0.839. The van der Waals surface area contributed by atoms with Crippen molar-refractivity contribution in [1.82, 2.24) is 19.7 Å². The van der Waals surface area contributed by atoms with Crippen LogP contribution in [-0.4, -0.2) is 26.3 Å². The molecule has 2 aromatic heterocycles. The smallest absolute Gasteiger partial charge is 0.163 e. The van der Waals surface area contributed by atoms with E-state index in [9.17, 15) is 0 Å². The van der Waals surface area contributed by atoms with E-state index in [0.717, 1.165) is 23.4 Å². The van der Waals surface area contributed by atoms with Gasteiger partial charge in [-0.15, -0.1) is 0 Å². The zero-order valence-corrected chi connectivity index (χ0v) is 10.2. The van der Waals surface area contributed by atoms with Gasteiger partial charge < -0.3 is 5.32 Å². The van der Waals surface area contributed by atoms with Crippen molar-refractivity contribution in [3.8, 4) is 0 Å². The lowest BCUT2D eigenvalue weighted by Crippen LogP contribution is -2.23. The van der Waals surface area contributed by atoms with E-state index in [4.69, 9.17) is 0 Å². The molecule has 1 N–H and O–H groups in total. The van der Waals surface area contributed by atoms with E-state index < -0.39 is 0 Å². The molecular formula is C11H17N5. The first-order valence-corrected chi connectivity index (χ1v) is 5.47. The van der Waals surface area contributed by atoms with Gasteiger partial charge in [-0.3, -0.25) is 0 Å². The van der Waals surface area contributed by atoms with Crippen LogP contribution in [0.5, 0.6) is 0 Å². The molecule has 2 aromatic rings. The van der Waals surface area contributed by atoms with Crippen molar-refractivity contribution in [2.45, 2.75) is 33.2 Å². The van der Waals surface area contributed by atoms with Gasteiger partial charge in [0.15, 0.2) is 5.65 Å². The lowest BCUT2D eigenvalue weighted by atomic mass is 10.1. The number of nitrogens with zero attached hydrogens (tertiary/aromatic N) is 4. The van der Waals surface area contributed by atoms with Gasteiger partial charge in [0.1, 0.15) is 12.1 Å². The Morgan fingerprint density at radius 2 is 2.06 bits per heavy atom. The topological polar surface area (TPSA) is 55.6 Å². The third-order valence-electron chi connectivity index (χ3n) is 2.35. The lowest BCUT2D eigenvalue weighted by molar-refractivity contribution is 0.366. The number of nitrogens with one attached hydrogen (secondary N) is 1. The van der Waals surface area contributed by atoms with Gasteiger partial charge in [0, 0.05) is 6.54 Å². The van der Waals surface area contributed by atoms with Crippen LogP contribution >= 0.6 is 0 Å². The average molecular weight is 219 g/mol. The second kappa shape index (κ2) is 3.73. The van der Waals surface area contributed by atoms with Crippen LogP contribution in [0.25, 0.3) is 11.0 Å². The van der Waals surface area contributed by atoms with E-state index in [-0.39, 0.29) is 5.54 Å². The molecule has 5 heteroatoms. The molecule has 16 heavy (non-hydrogen) atoms. The first-order chi connectivity index (χ1) is 7.54. The van der Waals surface area contributed by atoms with Crippen molar-refractivity contribution in [2.75, 3.05) is 11.9 Å². The highest BCUT2D eigenvalue weighted by Gasteiger charge is 2.19. The minimum Gasteiger partial charge on any atom is -0.370 e. The summed E-state index contributed by atoms with van der Waals surface area (Å²) in [6.07, 6.45) is 3.39. The monoisotopic (exact) mass is 219 g/mol. The minimum absolute atomic E-state index is 0.0699. The molecule has 0 saturated carbocycles. The number of aromatic nitrogens is 4. The Balaban J connectivity index is 2.62. The summed E-state index contributed by atoms with van der Waals surface area (Å²) in [7, 11) is 0. The maximum absolute atomic E-state index is 4.38. The maximum atomic E-state index is 4.38. The third-order valence-corrected chi connectivity index (χ3v) is 2.35. The van der Waals surface area contributed by atoms with E-state index >= 15 is 0 Å². The second-order valence-electron chi connectivity index (χ2n) is 4.72. The standard InChI is InChI=1S/C11H17N5/c1-5-12-9-8-6-15-16(11(2,3)4)10(8)14-7-13-9/h6-7H,5H2,1-4H3,(H,12,13,14). The SMILES string of the molecule is CCNc1ncnc2c1cnn2C(C)(C)C. The van der Waals surface area contributed by atoms with Gasteiger partial charge in [-0.25, -0.2) is 14.6 Å². The summed E-state index contributed by atoms with van der Waals surface area (Å²) in [4.78, 5) is 8.52. The molecule has 0 unspecified atom stereocenters. The normalized spacial score (nSPS) is 12.0. The van der Waals surface area contributed by atoms with Crippen LogP contribution in [0, 0.1) is 0 Å². The summed E-state index contributed by atoms with van der Waals surface area (Å²) in [5, 5.41) is 8.57. The molecule has 5 nitrogen and oxygen atoms in total. The van der Waals surface area contributed by atoms with Crippen LogP contribution in [0.1, 0.15) is 27.7 Å². The summed E-state index contributed by atoms with van der Waals surface area (Å²) >= 11 is 0. The van der Waals surface area contributed by atoms with E-state index in [2.05, 4.69) is 41.2 Å². The van der Waals surface area contributed by atoms with Crippen LogP contribution in [0.3, 0.4) is 0 Å². The predicted octanol–water partition coefficient (Wildman–Crippen LogP) is 2.01. The van der Waals surface area contributed by atoms with Gasteiger partial charge in [0.05, 0.1) is 17.1 Å². The second-order valence-corrected chi connectivity index (χ2v) is 4.72. The van der Waals surface area contributed by atoms with Gasteiger partial charge in [-0.1, -0.05) is 0 Å². The fraction of sp³-hybridized carbons (Fsp3) is 0.545. The van der Waals surface area contributed by atoms with E-state index in [0.29, 0.717) is 0 Å². The lowest BCUT2D eigenvalue weighted by Gasteiger charge is -2.19. The summed E-state index contributed by atoms with van der Waals surface area (Å²) in [5.41, 5.74) is 0.804. The van der Waals surface area contributed by atoms with E-state index in [1.807, 2.05) is 17.8 Å². The summed E-state index contributed by atoms with van der Waals surface area (Å²) < 4.78 is 1.92.